The summed E-state index contributed by atoms with van der Waals surface area (Å²) in [7, 11) is 0. The number of aromatic carboxylic acids is 1. The van der Waals surface area contributed by atoms with E-state index in [9.17, 15) is 9.90 Å². The SMILES string of the molecule is Cc1cc(Br)cc2cc(C(=O)[O-])[nH]c12. The molecule has 0 unspecified atom stereocenters. The summed E-state index contributed by atoms with van der Waals surface area (Å²) >= 11 is 3.35. The molecule has 1 aromatic heterocycles. The van der Waals surface area contributed by atoms with Gasteiger partial charge in [0.15, 0.2) is 0 Å². The van der Waals surface area contributed by atoms with E-state index in [0.29, 0.717) is 0 Å². The van der Waals surface area contributed by atoms with Crippen LogP contribution >= 0.6 is 15.9 Å². The smallest absolute Gasteiger partial charge is 0.0878 e. The van der Waals surface area contributed by atoms with Gasteiger partial charge in [-0.15, -0.1) is 0 Å². The van der Waals surface area contributed by atoms with Gasteiger partial charge in [0.2, 0.25) is 0 Å². The number of carbonyl (C=O) groups is 1. The van der Waals surface area contributed by atoms with Crippen molar-refractivity contribution >= 4 is 32.8 Å². The van der Waals surface area contributed by atoms with E-state index in [-0.39, 0.29) is 5.69 Å². The number of carboxylic acid groups (broad SMARTS) is 1. The lowest BCUT2D eigenvalue weighted by Crippen LogP contribution is -2.22. The number of aryl methyl sites for hydroxylation is 1. The maximum absolute atomic E-state index is 10.6. The van der Waals surface area contributed by atoms with Gasteiger partial charge in [-0.05, 0) is 30.7 Å². The number of carbonyl (C=O) groups excluding carboxylic acids is 1. The molecule has 0 saturated heterocycles. The molecule has 2 aromatic rings. The lowest BCUT2D eigenvalue weighted by Gasteiger charge is -1.97. The average molecular weight is 253 g/mol. The van der Waals surface area contributed by atoms with Crippen LogP contribution in [0.25, 0.3) is 10.9 Å². The van der Waals surface area contributed by atoms with Gasteiger partial charge in [0, 0.05) is 15.4 Å². The summed E-state index contributed by atoms with van der Waals surface area (Å²) in [6.07, 6.45) is 0. The van der Waals surface area contributed by atoms with Crippen molar-refractivity contribution in [3.05, 3.63) is 33.9 Å². The molecule has 0 radical (unpaired) electrons. The molecule has 0 bridgehead atoms. The molecular formula is C10H7BrNO2-. The standard InChI is InChI=1S/C10H8BrNO2/c1-5-2-7(11)3-6-4-8(10(13)14)12-9(5)6/h2-4,12H,1H3,(H,13,14)/p-1. The molecule has 2 rings (SSSR count). The first-order chi connectivity index (χ1) is 6.58. The first kappa shape index (κ1) is 9.27. The normalized spacial score (nSPS) is 10.7. The Morgan fingerprint density at radius 2 is 2.14 bits per heavy atom. The number of aromatic nitrogens is 1. The van der Waals surface area contributed by atoms with Crippen LogP contribution in [0.1, 0.15) is 16.1 Å². The molecule has 1 heterocycles. The minimum absolute atomic E-state index is 0.112. The molecule has 0 fully saturated rings. The number of carboxylic acids is 1. The van der Waals surface area contributed by atoms with E-state index in [0.717, 1.165) is 20.9 Å². The second-order valence-electron chi connectivity index (χ2n) is 3.16. The molecule has 14 heavy (non-hydrogen) atoms. The van der Waals surface area contributed by atoms with Crippen molar-refractivity contribution in [1.82, 2.24) is 4.98 Å². The minimum atomic E-state index is -1.18. The summed E-state index contributed by atoms with van der Waals surface area (Å²) in [4.78, 5) is 13.4. The van der Waals surface area contributed by atoms with Gasteiger partial charge >= 0.3 is 0 Å². The third-order valence-electron chi connectivity index (χ3n) is 2.11. The Balaban J connectivity index is 2.76. The molecule has 0 atom stereocenters. The Bertz CT molecular complexity index is 516. The first-order valence-corrected chi connectivity index (χ1v) is 4.87. The van der Waals surface area contributed by atoms with E-state index in [1.165, 1.54) is 0 Å². The molecule has 4 heteroatoms. The summed E-state index contributed by atoms with van der Waals surface area (Å²) in [6, 6.07) is 5.37. The zero-order valence-corrected chi connectivity index (χ0v) is 9.01. The highest BCUT2D eigenvalue weighted by Crippen LogP contribution is 2.24. The third kappa shape index (κ3) is 1.42. The van der Waals surface area contributed by atoms with Crippen LogP contribution in [0.4, 0.5) is 0 Å². The van der Waals surface area contributed by atoms with E-state index < -0.39 is 5.97 Å². The Morgan fingerprint density at radius 3 is 2.79 bits per heavy atom. The average Bonchev–Trinajstić information content (AvgIpc) is 2.47. The van der Waals surface area contributed by atoms with Gasteiger partial charge in [-0.2, -0.15) is 0 Å². The monoisotopic (exact) mass is 252 g/mol. The van der Waals surface area contributed by atoms with Crippen LogP contribution in [0, 0.1) is 6.92 Å². The Labute approximate surface area is 88.9 Å². The molecule has 72 valence electrons. The van der Waals surface area contributed by atoms with Crippen LogP contribution in [0.15, 0.2) is 22.7 Å². The van der Waals surface area contributed by atoms with Crippen LogP contribution in [-0.2, 0) is 0 Å². The van der Waals surface area contributed by atoms with Crippen LogP contribution in [0.3, 0.4) is 0 Å². The van der Waals surface area contributed by atoms with Gasteiger partial charge in [-0.3, -0.25) is 0 Å². The van der Waals surface area contributed by atoms with Crippen LogP contribution < -0.4 is 5.11 Å². The summed E-state index contributed by atoms with van der Waals surface area (Å²) in [5.74, 6) is -1.18. The number of rotatable bonds is 1. The Hall–Kier alpha value is -1.29. The van der Waals surface area contributed by atoms with E-state index in [4.69, 9.17) is 0 Å². The van der Waals surface area contributed by atoms with Crippen molar-refractivity contribution in [3.63, 3.8) is 0 Å². The van der Waals surface area contributed by atoms with E-state index in [1.807, 2.05) is 19.1 Å². The van der Waals surface area contributed by atoms with E-state index >= 15 is 0 Å². The molecule has 1 N–H and O–H groups in total. The fraction of sp³-hybridized carbons (Fsp3) is 0.100. The van der Waals surface area contributed by atoms with Crippen molar-refractivity contribution < 1.29 is 9.90 Å². The third-order valence-corrected chi connectivity index (χ3v) is 2.57. The second-order valence-corrected chi connectivity index (χ2v) is 4.07. The van der Waals surface area contributed by atoms with E-state index in [2.05, 4.69) is 20.9 Å². The molecule has 0 spiro atoms. The van der Waals surface area contributed by atoms with Gasteiger partial charge in [0.25, 0.3) is 0 Å². The van der Waals surface area contributed by atoms with Crippen molar-refractivity contribution in [2.45, 2.75) is 6.92 Å². The summed E-state index contributed by atoms with van der Waals surface area (Å²) in [6.45, 7) is 1.92. The molecule has 1 aromatic carbocycles. The number of hydrogen-bond acceptors (Lipinski definition) is 2. The first-order valence-electron chi connectivity index (χ1n) is 4.08. The van der Waals surface area contributed by atoms with Crippen LogP contribution in [-0.4, -0.2) is 11.0 Å². The lowest BCUT2D eigenvalue weighted by atomic mass is 10.2. The zero-order chi connectivity index (χ0) is 10.3. The predicted octanol–water partition coefficient (Wildman–Crippen LogP) is 1.60. The topological polar surface area (TPSA) is 55.9 Å². The second kappa shape index (κ2) is 3.13. The fourth-order valence-electron chi connectivity index (χ4n) is 1.49. The van der Waals surface area contributed by atoms with Gasteiger partial charge in [0.05, 0.1) is 11.7 Å². The molecule has 0 amide bonds. The Morgan fingerprint density at radius 1 is 1.43 bits per heavy atom. The zero-order valence-electron chi connectivity index (χ0n) is 7.43. The highest BCUT2D eigenvalue weighted by atomic mass is 79.9. The summed E-state index contributed by atoms with van der Waals surface area (Å²) in [5.41, 5.74) is 1.95. The Kier molecular flexibility index (Phi) is 2.07. The molecule has 0 aliphatic rings. The van der Waals surface area contributed by atoms with Crippen molar-refractivity contribution in [3.8, 4) is 0 Å². The number of H-pyrrole nitrogens is 1. The van der Waals surface area contributed by atoms with Gasteiger partial charge in [-0.25, -0.2) is 0 Å². The van der Waals surface area contributed by atoms with Gasteiger partial charge < -0.3 is 14.9 Å². The molecular weight excluding hydrogens is 246 g/mol. The summed E-state index contributed by atoms with van der Waals surface area (Å²) in [5, 5.41) is 11.5. The number of hydrogen-bond donors (Lipinski definition) is 1. The van der Waals surface area contributed by atoms with Crippen LogP contribution in [0.5, 0.6) is 0 Å². The fourth-order valence-corrected chi connectivity index (χ4v) is 2.08. The number of halogens is 1. The van der Waals surface area contributed by atoms with Gasteiger partial charge in [-0.1, -0.05) is 15.9 Å². The number of nitrogens with one attached hydrogen (secondary N) is 1. The van der Waals surface area contributed by atoms with Crippen molar-refractivity contribution in [2.24, 2.45) is 0 Å². The highest BCUT2D eigenvalue weighted by Gasteiger charge is 2.04. The van der Waals surface area contributed by atoms with Crippen molar-refractivity contribution in [2.75, 3.05) is 0 Å². The maximum Gasteiger partial charge on any atom is 0.0878 e. The van der Waals surface area contributed by atoms with E-state index in [1.54, 1.807) is 6.07 Å². The van der Waals surface area contributed by atoms with Gasteiger partial charge in [0.1, 0.15) is 0 Å². The maximum atomic E-state index is 10.6. The molecule has 3 nitrogen and oxygen atoms in total. The molecule has 0 saturated carbocycles. The summed E-state index contributed by atoms with van der Waals surface area (Å²) < 4.78 is 0.936. The quantitative estimate of drug-likeness (QED) is 0.839. The predicted molar refractivity (Wildman–Crippen MR) is 55.1 cm³/mol. The minimum Gasteiger partial charge on any atom is -0.543 e. The molecule has 0 aliphatic heterocycles. The number of benzene rings is 1. The number of aromatic amines is 1. The largest absolute Gasteiger partial charge is 0.543 e. The lowest BCUT2D eigenvalue weighted by molar-refractivity contribution is -0.255. The van der Waals surface area contributed by atoms with Crippen LogP contribution in [0.2, 0.25) is 0 Å². The molecule has 0 aliphatic carbocycles. The van der Waals surface area contributed by atoms with Crippen molar-refractivity contribution in [1.29, 1.82) is 0 Å². The number of fused-ring (bicyclic) bond motifs is 1. The highest BCUT2D eigenvalue weighted by molar-refractivity contribution is 9.10.